The number of ether oxygens (including phenoxy) is 2. The maximum absolute atomic E-state index is 12.7. The van der Waals surface area contributed by atoms with E-state index in [1.807, 2.05) is 35.2 Å². The molecule has 2 heterocycles. The predicted molar refractivity (Wildman–Crippen MR) is 132 cm³/mol. The quantitative estimate of drug-likeness (QED) is 0.507. The molecule has 3 unspecified atom stereocenters. The fourth-order valence-corrected chi connectivity index (χ4v) is 5.86. The molecule has 3 atom stereocenters. The second kappa shape index (κ2) is 9.99. The molecule has 2 aromatic rings. The van der Waals surface area contributed by atoms with E-state index < -0.39 is 5.50 Å². The van der Waals surface area contributed by atoms with Crippen LogP contribution in [0.3, 0.4) is 0 Å². The van der Waals surface area contributed by atoms with Gasteiger partial charge in [-0.15, -0.1) is 11.8 Å². The van der Waals surface area contributed by atoms with E-state index in [-0.39, 0.29) is 29.0 Å². The first-order chi connectivity index (χ1) is 15.5. The summed E-state index contributed by atoms with van der Waals surface area (Å²) in [4.78, 5) is 27.2. The van der Waals surface area contributed by atoms with Gasteiger partial charge in [-0.2, -0.15) is 0 Å². The molecule has 0 spiro atoms. The Bertz CT molecular complexity index is 1020. The van der Waals surface area contributed by atoms with E-state index >= 15 is 0 Å². The number of hydrogen-bond donors (Lipinski definition) is 3. The monoisotopic (exact) mass is 490 g/mol. The smallest absolute Gasteiger partial charge is 0.238 e. The molecule has 2 aliphatic rings. The van der Waals surface area contributed by atoms with E-state index in [4.69, 9.17) is 21.7 Å². The van der Waals surface area contributed by atoms with Crippen LogP contribution in [0, 0.1) is 0 Å². The molecule has 3 N–H and O–H groups in total. The topological polar surface area (TPSA) is 91.9 Å². The van der Waals surface area contributed by atoms with Crippen LogP contribution in [-0.4, -0.2) is 53.0 Å². The molecule has 4 rings (SSSR count). The second-order valence-electron chi connectivity index (χ2n) is 6.94. The van der Waals surface area contributed by atoms with E-state index in [1.165, 1.54) is 30.6 Å². The summed E-state index contributed by atoms with van der Waals surface area (Å²) in [5.74, 6) is 0.934. The molecule has 0 aromatic heterocycles. The lowest BCUT2D eigenvalue weighted by atomic mass is 10.2. The Morgan fingerprint density at radius 1 is 1.22 bits per heavy atom. The molecule has 11 heteroatoms. The van der Waals surface area contributed by atoms with Crippen molar-refractivity contribution in [2.45, 2.75) is 16.9 Å². The Morgan fingerprint density at radius 3 is 2.72 bits per heavy atom. The van der Waals surface area contributed by atoms with E-state index in [0.29, 0.717) is 21.5 Å². The first kappa shape index (κ1) is 22.7. The Balaban J connectivity index is 1.40. The number of para-hydroxylation sites is 1. The van der Waals surface area contributed by atoms with Gasteiger partial charge in [-0.05, 0) is 24.3 Å². The van der Waals surface area contributed by atoms with Gasteiger partial charge in [0.1, 0.15) is 32.7 Å². The van der Waals surface area contributed by atoms with Crippen LogP contribution in [0.15, 0.2) is 48.5 Å². The Hall–Kier alpha value is -2.47. The number of hydrogen-bond acceptors (Lipinski definition) is 8. The molecule has 2 saturated heterocycles. The normalized spacial score (nSPS) is 22.2. The molecular formula is C21H22N4O4S3. The molecular weight excluding hydrogens is 468 g/mol. The number of rotatable bonds is 7. The number of nitrogens with one attached hydrogen (secondary N) is 3. The van der Waals surface area contributed by atoms with Crippen LogP contribution in [-0.2, 0) is 9.59 Å². The lowest BCUT2D eigenvalue weighted by Gasteiger charge is -2.36. The van der Waals surface area contributed by atoms with E-state index in [1.54, 1.807) is 25.3 Å². The highest BCUT2D eigenvalue weighted by Gasteiger charge is 2.47. The Labute approximate surface area is 199 Å². The Morgan fingerprint density at radius 2 is 2.00 bits per heavy atom. The van der Waals surface area contributed by atoms with Gasteiger partial charge in [0.05, 0.1) is 25.7 Å². The largest absolute Gasteiger partial charge is 0.497 e. The van der Waals surface area contributed by atoms with Crippen molar-refractivity contribution >= 4 is 63.3 Å². The maximum atomic E-state index is 12.7. The van der Waals surface area contributed by atoms with Gasteiger partial charge in [-0.3, -0.25) is 14.9 Å². The number of carbonyl (C=O) groups excluding carboxylic acids is 2. The van der Waals surface area contributed by atoms with E-state index in [9.17, 15) is 9.59 Å². The summed E-state index contributed by atoms with van der Waals surface area (Å²) in [7, 11) is 3.09. The number of methoxy groups -OCH3 is 2. The van der Waals surface area contributed by atoms with Crippen molar-refractivity contribution in [2.24, 2.45) is 0 Å². The molecule has 2 fully saturated rings. The van der Waals surface area contributed by atoms with Gasteiger partial charge in [0, 0.05) is 11.8 Å². The van der Waals surface area contributed by atoms with Gasteiger partial charge in [0.15, 0.2) is 0 Å². The summed E-state index contributed by atoms with van der Waals surface area (Å²) in [6, 6.07) is 14.9. The number of anilines is 2. The van der Waals surface area contributed by atoms with Gasteiger partial charge in [0.2, 0.25) is 11.8 Å². The summed E-state index contributed by atoms with van der Waals surface area (Å²) in [6.07, 6.45) is -0.289. The number of fused-ring (bicyclic) bond motifs is 1. The molecule has 2 amide bonds. The lowest BCUT2D eigenvalue weighted by molar-refractivity contribution is -0.122. The summed E-state index contributed by atoms with van der Waals surface area (Å²) in [5, 5.41) is 8.81. The molecule has 0 bridgehead atoms. The average Bonchev–Trinajstić information content (AvgIpc) is 3.14. The van der Waals surface area contributed by atoms with Crippen LogP contribution in [0.2, 0.25) is 0 Å². The lowest BCUT2D eigenvalue weighted by Crippen LogP contribution is -2.64. The molecule has 0 aliphatic carbocycles. The first-order valence-electron chi connectivity index (χ1n) is 9.75. The fraction of sp³-hybridized carbons (Fsp3) is 0.286. The number of benzene rings is 2. The second-order valence-corrected chi connectivity index (χ2v) is 9.80. The van der Waals surface area contributed by atoms with Crippen LogP contribution in [0.5, 0.6) is 11.5 Å². The van der Waals surface area contributed by atoms with Crippen molar-refractivity contribution in [2.75, 3.05) is 30.2 Å². The molecule has 2 aliphatic heterocycles. The predicted octanol–water partition coefficient (Wildman–Crippen LogP) is 2.61. The first-order valence-corrected chi connectivity index (χ1v) is 12.1. The third kappa shape index (κ3) is 4.80. The van der Waals surface area contributed by atoms with Crippen LogP contribution in [0.4, 0.5) is 11.4 Å². The van der Waals surface area contributed by atoms with Crippen molar-refractivity contribution in [1.29, 1.82) is 0 Å². The number of nitrogens with zero attached hydrogens (tertiary/aromatic N) is 1. The van der Waals surface area contributed by atoms with Crippen LogP contribution < -0.4 is 30.3 Å². The van der Waals surface area contributed by atoms with Crippen molar-refractivity contribution in [3.05, 3.63) is 48.5 Å². The van der Waals surface area contributed by atoms with Gasteiger partial charge in [0.25, 0.3) is 0 Å². The fourth-order valence-electron chi connectivity index (χ4n) is 3.45. The van der Waals surface area contributed by atoms with E-state index in [0.717, 1.165) is 5.69 Å². The Kier molecular flexibility index (Phi) is 7.09. The minimum absolute atomic E-state index is 0.105. The zero-order chi connectivity index (χ0) is 22.7. The van der Waals surface area contributed by atoms with Gasteiger partial charge in [-0.1, -0.05) is 42.2 Å². The van der Waals surface area contributed by atoms with Gasteiger partial charge < -0.3 is 25.0 Å². The summed E-state index contributed by atoms with van der Waals surface area (Å²) in [6.45, 7) is 0. The van der Waals surface area contributed by atoms with Crippen molar-refractivity contribution < 1.29 is 19.1 Å². The average molecular weight is 491 g/mol. The molecule has 32 heavy (non-hydrogen) atoms. The molecule has 8 nitrogen and oxygen atoms in total. The van der Waals surface area contributed by atoms with Gasteiger partial charge in [-0.25, -0.2) is 0 Å². The molecule has 0 saturated carbocycles. The number of carbonyl (C=O) groups is 2. The number of amides is 2. The molecule has 2 aromatic carbocycles. The minimum Gasteiger partial charge on any atom is -0.497 e. The van der Waals surface area contributed by atoms with Crippen LogP contribution >= 0.6 is 35.7 Å². The van der Waals surface area contributed by atoms with Crippen LogP contribution in [0.25, 0.3) is 0 Å². The SMILES string of the molecule is COc1ccc(OC)c(NC(=O)CSC2NC(=O)C3SC(=S)N(c4ccccc4)C3N2)c1. The number of thioether (sulfide) groups is 2. The summed E-state index contributed by atoms with van der Waals surface area (Å²) < 4.78 is 11.2. The highest BCUT2D eigenvalue weighted by Crippen LogP contribution is 2.37. The van der Waals surface area contributed by atoms with Crippen molar-refractivity contribution in [3.63, 3.8) is 0 Å². The zero-order valence-corrected chi connectivity index (χ0v) is 19.8. The van der Waals surface area contributed by atoms with Gasteiger partial charge >= 0.3 is 0 Å². The van der Waals surface area contributed by atoms with Crippen LogP contribution in [0.1, 0.15) is 0 Å². The highest BCUT2D eigenvalue weighted by atomic mass is 32.2. The summed E-state index contributed by atoms with van der Waals surface area (Å²) in [5.41, 5.74) is 1.01. The van der Waals surface area contributed by atoms with E-state index in [2.05, 4.69) is 16.0 Å². The summed E-state index contributed by atoms with van der Waals surface area (Å²) >= 11 is 8.19. The number of thiocarbonyl (C=S) groups is 1. The molecule has 168 valence electrons. The zero-order valence-electron chi connectivity index (χ0n) is 17.4. The highest BCUT2D eigenvalue weighted by molar-refractivity contribution is 8.24. The van der Waals surface area contributed by atoms with Crippen molar-refractivity contribution in [1.82, 2.24) is 10.6 Å². The standard InChI is InChI=1S/C21H22N4O4S3/c1-28-13-8-9-15(29-2)14(10-13)22-16(26)11-31-20-23-18-17(19(27)24-20)32-21(30)25(18)12-6-4-3-5-7-12/h3-10,17-18,20,23H,11H2,1-2H3,(H,22,26)(H,24,27). The molecule has 0 radical (unpaired) electrons. The third-order valence-electron chi connectivity index (χ3n) is 4.94. The maximum Gasteiger partial charge on any atom is 0.238 e. The minimum atomic E-state index is -0.436. The third-order valence-corrected chi connectivity index (χ3v) is 7.57. The van der Waals surface area contributed by atoms with Crippen molar-refractivity contribution in [3.8, 4) is 11.5 Å².